The van der Waals surface area contributed by atoms with Crippen LogP contribution in [0.1, 0.15) is 29.5 Å². The van der Waals surface area contributed by atoms with Crippen LogP contribution in [0.25, 0.3) is 32.9 Å². The molecule has 0 unspecified atom stereocenters. The molecule has 0 amide bonds. The van der Waals surface area contributed by atoms with E-state index in [0.717, 1.165) is 94.6 Å². The summed E-state index contributed by atoms with van der Waals surface area (Å²) in [5.74, 6) is 1.37. The first kappa shape index (κ1) is 30.7. The van der Waals surface area contributed by atoms with Gasteiger partial charge in [-0.2, -0.15) is 0 Å². The molecule has 1 atom stereocenters. The molecule has 8 rings (SSSR count). The van der Waals surface area contributed by atoms with Crippen LogP contribution in [-0.2, 0) is 13.1 Å². The van der Waals surface area contributed by atoms with E-state index >= 15 is 0 Å². The minimum atomic E-state index is -0.238. The van der Waals surface area contributed by atoms with Gasteiger partial charge in [-0.05, 0) is 91.5 Å². The second-order valence-corrected chi connectivity index (χ2v) is 13.2. The van der Waals surface area contributed by atoms with E-state index < -0.39 is 0 Å². The van der Waals surface area contributed by atoms with Crippen molar-refractivity contribution >= 4 is 56.4 Å². The number of hydrogen-bond acceptors (Lipinski definition) is 9. The number of β-amino-alcohol motifs (C(OH)–C–C–N with tert-alkyl or cyclic N) is 1. The fourth-order valence-electron chi connectivity index (χ4n) is 6.73. The Hall–Kier alpha value is -4.67. The maximum absolute atomic E-state index is 9.91. The van der Waals surface area contributed by atoms with Crippen molar-refractivity contribution < 1.29 is 5.11 Å². The van der Waals surface area contributed by atoms with E-state index in [1.54, 1.807) is 0 Å². The lowest BCUT2D eigenvalue weighted by molar-refractivity contribution is 0.172. The molecule has 0 aliphatic carbocycles. The Morgan fingerprint density at radius 2 is 1.35 bits per heavy atom. The summed E-state index contributed by atoms with van der Waals surface area (Å²) in [5, 5.41) is 19.6. The molecular weight excluding hydrogens is 620 g/mol. The van der Waals surface area contributed by atoms with Crippen molar-refractivity contribution in [3.05, 3.63) is 107 Å². The summed E-state index contributed by atoms with van der Waals surface area (Å²) in [7, 11) is 0. The molecule has 2 aliphatic rings. The van der Waals surface area contributed by atoms with Crippen LogP contribution in [0, 0.1) is 6.92 Å². The van der Waals surface area contributed by atoms with Gasteiger partial charge in [-0.3, -0.25) is 19.8 Å². The highest BCUT2D eigenvalue weighted by Gasteiger charge is 2.21. The molecule has 4 aromatic heterocycles. The number of aliphatic hydroxyl groups excluding tert-OH is 1. The molecule has 2 fully saturated rings. The zero-order chi connectivity index (χ0) is 32.6. The summed E-state index contributed by atoms with van der Waals surface area (Å²) in [4.78, 5) is 23.6. The molecule has 6 aromatic rings. The molecule has 6 heterocycles. The van der Waals surface area contributed by atoms with Crippen LogP contribution in [0.15, 0.2) is 85.5 Å². The number of aromatic nitrogens is 4. The van der Waals surface area contributed by atoms with Crippen LogP contribution >= 0.6 is 11.6 Å². The Bertz CT molecular complexity index is 2130. The predicted octanol–water partition coefficient (Wildman–Crippen LogP) is 7.46. The monoisotopic (exact) mass is 656 g/mol. The van der Waals surface area contributed by atoms with E-state index in [-0.39, 0.29) is 6.10 Å². The van der Waals surface area contributed by atoms with Gasteiger partial charge < -0.3 is 15.7 Å². The summed E-state index contributed by atoms with van der Waals surface area (Å²) >= 11 is 7.12. The van der Waals surface area contributed by atoms with Crippen LogP contribution in [0.3, 0.4) is 0 Å². The molecule has 10 heteroatoms. The highest BCUT2D eigenvalue weighted by Crippen LogP contribution is 2.39. The van der Waals surface area contributed by atoms with Crippen molar-refractivity contribution in [2.45, 2.75) is 39.0 Å². The second kappa shape index (κ2) is 13.1. The lowest BCUT2D eigenvalue weighted by Gasteiger charge is -2.30. The third-order valence-electron chi connectivity index (χ3n) is 9.45. The number of fused-ring (bicyclic) bond motifs is 2. The van der Waals surface area contributed by atoms with E-state index in [0.29, 0.717) is 23.2 Å². The number of rotatable bonds is 9. The van der Waals surface area contributed by atoms with Crippen molar-refractivity contribution in [3.63, 3.8) is 0 Å². The lowest BCUT2D eigenvalue weighted by atomic mass is 9.98. The van der Waals surface area contributed by atoms with Gasteiger partial charge in [0.2, 0.25) is 0 Å². The summed E-state index contributed by atoms with van der Waals surface area (Å²) in [6, 6.07) is 20.5. The molecule has 2 aliphatic heterocycles. The van der Waals surface area contributed by atoms with Crippen molar-refractivity contribution in [1.82, 2.24) is 29.7 Å². The molecular formula is C38H37ClN8O. The predicted molar refractivity (Wildman–Crippen MR) is 193 cm³/mol. The fourth-order valence-corrected chi connectivity index (χ4v) is 7.01. The fraction of sp³-hybridized carbons (Fsp3) is 0.263. The highest BCUT2D eigenvalue weighted by molar-refractivity contribution is 6.36. The van der Waals surface area contributed by atoms with Gasteiger partial charge in [0.1, 0.15) is 11.0 Å². The van der Waals surface area contributed by atoms with Crippen molar-refractivity contribution in [2.24, 2.45) is 0 Å². The number of nitrogens with zero attached hydrogens (tertiary/aromatic N) is 6. The van der Waals surface area contributed by atoms with Gasteiger partial charge in [-0.25, -0.2) is 9.97 Å². The van der Waals surface area contributed by atoms with E-state index in [1.807, 2.05) is 67.3 Å². The first-order valence-electron chi connectivity index (χ1n) is 16.5. The molecule has 0 spiro atoms. The van der Waals surface area contributed by atoms with Crippen LogP contribution in [-0.4, -0.2) is 67.1 Å². The normalized spacial score (nSPS) is 16.8. The third kappa shape index (κ3) is 6.18. The topological polar surface area (TPSA) is 102 Å². The van der Waals surface area contributed by atoms with Crippen molar-refractivity contribution in [3.8, 4) is 11.1 Å². The third-order valence-corrected chi connectivity index (χ3v) is 9.86. The van der Waals surface area contributed by atoms with Crippen LogP contribution < -0.4 is 10.6 Å². The quantitative estimate of drug-likeness (QED) is 0.146. The average molecular weight is 657 g/mol. The number of pyridine rings is 4. The van der Waals surface area contributed by atoms with E-state index in [1.165, 1.54) is 12.0 Å². The number of likely N-dealkylation sites (tertiary alicyclic amines) is 2. The number of benzene rings is 2. The van der Waals surface area contributed by atoms with Crippen LogP contribution in [0.2, 0.25) is 5.02 Å². The van der Waals surface area contributed by atoms with Crippen LogP contribution in [0.5, 0.6) is 0 Å². The van der Waals surface area contributed by atoms with E-state index in [2.05, 4.69) is 55.5 Å². The average Bonchev–Trinajstić information content (AvgIpc) is 3.49. The van der Waals surface area contributed by atoms with Crippen molar-refractivity contribution in [2.75, 3.05) is 36.8 Å². The molecule has 3 N–H and O–H groups in total. The Kier molecular flexibility index (Phi) is 8.36. The van der Waals surface area contributed by atoms with Crippen LogP contribution in [0.4, 0.5) is 23.0 Å². The van der Waals surface area contributed by atoms with Gasteiger partial charge in [0, 0.05) is 73.0 Å². The van der Waals surface area contributed by atoms with Gasteiger partial charge in [-0.1, -0.05) is 35.9 Å². The molecule has 0 radical (unpaired) electrons. The number of halogens is 1. The largest absolute Gasteiger partial charge is 0.392 e. The Morgan fingerprint density at radius 3 is 1.96 bits per heavy atom. The molecule has 0 saturated carbocycles. The van der Waals surface area contributed by atoms with Gasteiger partial charge in [0.25, 0.3) is 0 Å². The van der Waals surface area contributed by atoms with Gasteiger partial charge >= 0.3 is 0 Å². The minimum absolute atomic E-state index is 0.238. The van der Waals surface area contributed by atoms with Gasteiger partial charge in [0.15, 0.2) is 11.6 Å². The second-order valence-electron chi connectivity index (χ2n) is 12.9. The molecule has 2 aromatic carbocycles. The summed E-state index contributed by atoms with van der Waals surface area (Å²) in [6.45, 7) is 7.69. The SMILES string of the molecule is Cc1c(Nc2nccc3cc(CN4CC[C@@H](O)C4)cnc23)cccc1-c1cccc(Nc2nccc3cc(CN4CCC4)cnc23)c1Cl. The molecule has 242 valence electrons. The highest BCUT2D eigenvalue weighted by atomic mass is 35.5. The lowest BCUT2D eigenvalue weighted by Crippen LogP contribution is -2.36. The number of hydrogen-bond donors (Lipinski definition) is 3. The zero-order valence-corrected chi connectivity index (χ0v) is 27.6. The molecule has 2 saturated heterocycles. The zero-order valence-electron chi connectivity index (χ0n) is 26.8. The number of aliphatic hydroxyl groups is 1. The molecule has 48 heavy (non-hydrogen) atoms. The summed E-state index contributed by atoms with van der Waals surface area (Å²) in [5.41, 5.74) is 8.60. The van der Waals surface area contributed by atoms with Crippen molar-refractivity contribution in [1.29, 1.82) is 0 Å². The number of nitrogens with one attached hydrogen (secondary N) is 2. The smallest absolute Gasteiger partial charge is 0.156 e. The minimum Gasteiger partial charge on any atom is -0.392 e. The number of anilines is 4. The first-order valence-corrected chi connectivity index (χ1v) is 16.9. The first-order chi connectivity index (χ1) is 23.5. The Morgan fingerprint density at radius 1 is 0.750 bits per heavy atom. The maximum atomic E-state index is 9.91. The summed E-state index contributed by atoms with van der Waals surface area (Å²) in [6.07, 6.45) is 9.34. The standard InChI is InChI=1S/C38H37ClN8O/c1-24-30(5-2-7-32(24)44-37-35-28(9-12-40-37)18-26(20-43-35)22-47-16-11-29(48)23-47)31-6-3-8-33(34(31)39)45-38-36-27(10-13-41-38)17-25(19-42-36)21-46-14-4-15-46/h2-3,5-10,12-13,17-20,29,48H,4,11,14-16,21-23H2,1H3,(H,40,44)(H,41,45)/t29-/m1/s1. The van der Waals surface area contributed by atoms with E-state index in [4.69, 9.17) is 21.6 Å². The van der Waals surface area contributed by atoms with E-state index in [9.17, 15) is 5.11 Å². The Labute approximate surface area is 284 Å². The molecule has 9 nitrogen and oxygen atoms in total. The maximum Gasteiger partial charge on any atom is 0.156 e. The summed E-state index contributed by atoms with van der Waals surface area (Å²) < 4.78 is 0. The Balaban J connectivity index is 1.05. The molecule has 0 bridgehead atoms. The van der Waals surface area contributed by atoms with Gasteiger partial charge in [-0.15, -0.1) is 0 Å². The van der Waals surface area contributed by atoms with Gasteiger partial charge in [0.05, 0.1) is 16.8 Å².